The summed E-state index contributed by atoms with van der Waals surface area (Å²) in [6, 6.07) is 3.11. The van der Waals surface area contributed by atoms with Crippen molar-refractivity contribution >= 4 is 11.7 Å². The van der Waals surface area contributed by atoms with Crippen LogP contribution in [0.15, 0.2) is 12.3 Å². The fourth-order valence-corrected chi connectivity index (χ4v) is 5.13. The molecule has 0 bridgehead atoms. The third-order valence-electron chi connectivity index (χ3n) is 6.96. The summed E-state index contributed by atoms with van der Waals surface area (Å²) in [7, 11) is 1.59. The average molecular weight is 402 g/mol. The molecule has 1 aliphatic carbocycles. The van der Waals surface area contributed by atoms with Gasteiger partial charge in [0.25, 0.3) is 0 Å². The monoisotopic (exact) mass is 401 g/mol. The molecule has 160 valence electrons. The summed E-state index contributed by atoms with van der Waals surface area (Å²) in [5.41, 5.74) is 0. The molecule has 7 nitrogen and oxygen atoms in total. The van der Waals surface area contributed by atoms with Gasteiger partial charge >= 0.3 is 6.01 Å². The molecular weight excluding hydrogens is 366 g/mol. The Balaban J connectivity index is 1.20. The molecule has 2 aliphatic heterocycles. The number of aromatic nitrogens is 2. The molecule has 7 heteroatoms. The fourth-order valence-electron chi connectivity index (χ4n) is 5.13. The molecule has 0 radical (unpaired) electrons. The summed E-state index contributed by atoms with van der Waals surface area (Å²) in [6.07, 6.45) is 11.4. The van der Waals surface area contributed by atoms with Gasteiger partial charge in [-0.15, -0.1) is 0 Å². The number of hydrogen-bond acceptors (Lipinski definition) is 6. The zero-order valence-electron chi connectivity index (χ0n) is 17.8. The van der Waals surface area contributed by atoms with E-state index in [4.69, 9.17) is 4.74 Å². The number of ether oxygens (including phenoxy) is 1. The smallest absolute Gasteiger partial charge is 0.318 e. The van der Waals surface area contributed by atoms with E-state index in [0.717, 1.165) is 64.0 Å². The Morgan fingerprint density at radius 3 is 2.45 bits per heavy atom. The van der Waals surface area contributed by atoms with E-state index in [1.807, 2.05) is 6.07 Å². The average Bonchev–Trinajstić information content (AvgIpc) is 2.80. The van der Waals surface area contributed by atoms with Crippen molar-refractivity contribution in [2.75, 3.05) is 51.3 Å². The third kappa shape index (κ3) is 5.18. The molecule has 0 N–H and O–H groups in total. The van der Waals surface area contributed by atoms with Gasteiger partial charge in [-0.25, -0.2) is 4.98 Å². The van der Waals surface area contributed by atoms with E-state index in [1.54, 1.807) is 13.3 Å². The Morgan fingerprint density at radius 2 is 1.76 bits per heavy atom. The molecular formula is C22H35N5O2. The van der Waals surface area contributed by atoms with Crippen molar-refractivity contribution in [3.63, 3.8) is 0 Å². The topological polar surface area (TPSA) is 61.8 Å². The molecule has 29 heavy (non-hydrogen) atoms. The Morgan fingerprint density at radius 1 is 1.03 bits per heavy atom. The lowest BCUT2D eigenvalue weighted by Gasteiger charge is -2.41. The molecule has 3 heterocycles. The van der Waals surface area contributed by atoms with E-state index in [0.29, 0.717) is 24.3 Å². The van der Waals surface area contributed by atoms with E-state index in [2.05, 4.69) is 24.7 Å². The Labute approximate surface area is 174 Å². The van der Waals surface area contributed by atoms with Gasteiger partial charge in [-0.1, -0.05) is 19.3 Å². The van der Waals surface area contributed by atoms with Crippen LogP contribution >= 0.6 is 0 Å². The van der Waals surface area contributed by atoms with Gasteiger partial charge in [0.05, 0.1) is 7.11 Å². The number of piperidine rings is 1. The van der Waals surface area contributed by atoms with E-state index in [-0.39, 0.29) is 0 Å². The summed E-state index contributed by atoms with van der Waals surface area (Å²) in [6.45, 7) is 5.82. The van der Waals surface area contributed by atoms with Crippen molar-refractivity contribution < 1.29 is 9.53 Å². The minimum absolute atomic E-state index is 0.357. The van der Waals surface area contributed by atoms with Crippen LogP contribution in [0, 0.1) is 5.92 Å². The molecule has 0 unspecified atom stereocenters. The third-order valence-corrected chi connectivity index (χ3v) is 6.96. The van der Waals surface area contributed by atoms with E-state index in [9.17, 15) is 4.79 Å². The van der Waals surface area contributed by atoms with Crippen LogP contribution < -0.4 is 9.64 Å². The summed E-state index contributed by atoms with van der Waals surface area (Å²) in [4.78, 5) is 28.4. The number of hydrogen-bond donors (Lipinski definition) is 0. The van der Waals surface area contributed by atoms with Crippen LogP contribution in [0.5, 0.6) is 6.01 Å². The molecule has 1 aromatic heterocycles. The lowest BCUT2D eigenvalue weighted by atomic mass is 9.92. The van der Waals surface area contributed by atoms with Gasteiger partial charge < -0.3 is 14.5 Å². The molecule has 2 saturated heterocycles. The highest BCUT2D eigenvalue weighted by atomic mass is 16.5. The number of methoxy groups -OCH3 is 1. The first kappa shape index (κ1) is 20.4. The van der Waals surface area contributed by atoms with Gasteiger partial charge in [-0.05, 0) is 37.7 Å². The summed E-state index contributed by atoms with van der Waals surface area (Å²) < 4.78 is 5.13. The van der Waals surface area contributed by atoms with Gasteiger partial charge in [0.15, 0.2) is 0 Å². The lowest BCUT2D eigenvalue weighted by Crippen LogP contribution is -2.52. The second-order valence-electron chi connectivity index (χ2n) is 8.74. The Hall–Kier alpha value is -1.89. The minimum atomic E-state index is 0.357. The number of nitrogens with zero attached hydrogens (tertiary/aromatic N) is 5. The second-order valence-corrected chi connectivity index (χ2v) is 8.74. The van der Waals surface area contributed by atoms with Crippen molar-refractivity contribution in [3.8, 4) is 6.01 Å². The van der Waals surface area contributed by atoms with Crippen molar-refractivity contribution in [1.82, 2.24) is 19.8 Å². The lowest BCUT2D eigenvalue weighted by molar-refractivity contribution is -0.134. The summed E-state index contributed by atoms with van der Waals surface area (Å²) in [5, 5.41) is 0. The maximum atomic E-state index is 12.8. The molecule has 0 spiro atoms. The number of anilines is 1. The molecule has 0 aromatic carbocycles. The highest BCUT2D eigenvalue weighted by Gasteiger charge is 2.29. The largest absolute Gasteiger partial charge is 0.467 e. The van der Waals surface area contributed by atoms with Crippen molar-refractivity contribution in [2.24, 2.45) is 5.92 Å². The number of piperazine rings is 1. The molecule has 1 aromatic rings. The Kier molecular flexibility index (Phi) is 6.85. The molecule has 3 aliphatic rings. The van der Waals surface area contributed by atoms with Crippen LogP contribution in [0.1, 0.15) is 51.4 Å². The number of carbonyl (C=O) groups excluding carboxylic acids is 1. The van der Waals surface area contributed by atoms with Crippen LogP contribution in [0.3, 0.4) is 0 Å². The normalized spacial score (nSPS) is 22.7. The summed E-state index contributed by atoms with van der Waals surface area (Å²) >= 11 is 0. The molecule has 4 rings (SSSR count). The van der Waals surface area contributed by atoms with E-state index >= 15 is 0 Å². The van der Waals surface area contributed by atoms with Gasteiger partial charge in [0.2, 0.25) is 5.91 Å². The predicted molar refractivity (Wildman–Crippen MR) is 113 cm³/mol. The minimum Gasteiger partial charge on any atom is -0.467 e. The zero-order valence-corrected chi connectivity index (χ0v) is 17.8. The van der Waals surface area contributed by atoms with E-state index < -0.39 is 0 Å². The van der Waals surface area contributed by atoms with Crippen molar-refractivity contribution in [3.05, 3.63) is 12.3 Å². The molecule has 3 fully saturated rings. The van der Waals surface area contributed by atoms with Gasteiger partial charge in [0.1, 0.15) is 5.82 Å². The van der Waals surface area contributed by atoms with Crippen LogP contribution in [0.2, 0.25) is 0 Å². The predicted octanol–water partition coefficient (Wildman–Crippen LogP) is 2.57. The van der Waals surface area contributed by atoms with E-state index in [1.165, 1.54) is 32.1 Å². The van der Waals surface area contributed by atoms with Crippen LogP contribution in [0.25, 0.3) is 0 Å². The maximum Gasteiger partial charge on any atom is 0.318 e. The maximum absolute atomic E-state index is 12.8. The van der Waals surface area contributed by atoms with Crippen LogP contribution in [0.4, 0.5) is 5.82 Å². The number of carbonyl (C=O) groups is 1. The molecule has 1 saturated carbocycles. The van der Waals surface area contributed by atoms with Gasteiger partial charge in [-0.3, -0.25) is 9.69 Å². The SMILES string of the molecule is COc1nccc(N2CCC(CC(=O)N3CCN(C4CCCCC4)CC3)CC2)n1. The highest BCUT2D eigenvalue weighted by Crippen LogP contribution is 2.26. The second kappa shape index (κ2) is 9.74. The highest BCUT2D eigenvalue weighted by molar-refractivity contribution is 5.76. The summed E-state index contributed by atoms with van der Waals surface area (Å²) in [5.74, 6) is 1.76. The van der Waals surface area contributed by atoms with Gasteiger partial charge in [0, 0.05) is 57.9 Å². The fraction of sp³-hybridized carbons (Fsp3) is 0.773. The first-order valence-electron chi connectivity index (χ1n) is 11.4. The molecule has 1 amide bonds. The number of amides is 1. The molecule has 0 atom stereocenters. The van der Waals surface area contributed by atoms with Crippen LogP contribution in [-0.2, 0) is 4.79 Å². The first-order valence-corrected chi connectivity index (χ1v) is 11.4. The quantitative estimate of drug-likeness (QED) is 0.756. The van der Waals surface area contributed by atoms with Crippen molar-refractivity contribution in [1.29, 1.82) is 0 Å². The van der Waals surface area contributed by atoms with Gasteiger partial charge in [-0.2, -0.15) is 4.98 Å². The Bertz CT molecular complexity index is 663. The van der Waals surface area contributed by atoms with Crippen LogP contribution in [-0.4, -0.2) is 78.1 Å². The number of rotatable bonds is 5. The standard InChI is InChI=1S/C22H35N5O2/c1-29-22-23-10-7-20(24-22)26-11-8-18(9-12-26)17-21(28)27-15-13-25(14-16-27)19-5-3-2-4-6-19/h7,10,18-19H,2-6,8-9,11-17H2,1H3. The first-order chi connectivity index (χ1) is 14.2. The zero-order chi connectivity index (χ0) is 20.1. The van der Waals surface area contributed by atoms with Crippen molar-refractivity contribution in [2.45, 2.75) is 57.4 Å².